The number of hydrogen-bond acceptors (Lipinski definition) is 5. The van der Waals surface area contributed by atoms with Gasteiger partial charge < -0.3 is 14.2 Å². The molecule has 1 heterocycles. The molecule has 1 aromatic carbocycles. The van der Waals surface area contributed by atoms with Crippen LogP contribution in [0.25, 0.3) is 0 Å². The van der Waals surface area contributed by atoms with Gasteiger partial charge in [-0.1, -0.05) is 18.2 Å². The van der Waals surface area contributed by atoms with E-state index >= 15 is 0 Å². The standard InChI is InChI=1S/C14H14F2O5/c1-9(17)20-12-7-14(15,16)11(21-12)8-19-13(18)10-5-3-2-4-6-10/h2-6,11-12H,7-8H2,1H3. The Bertz CT molecular complexity index is 517. The molecular weight excluding hydrogens is 286 g/mol. The number of halogens is 2. The van der Waals surface area contributed by atoms with Crippen LogP contribution in [0.2, 0.25) is 0 Å². The number of alkyl halides is 2. The molecule has 7 heteroatoms. The first kappa shape index (κ1) is 15.4. The molecule has 0 radical (unpaired) electrons. The lowest BCUT2D eigenvalue weighted by Crippen LogP contribution is -2.33. The van der Waals surface area contributed by atoms with Gasteiger partial charge in [0.25, 0.3) is 5.92 Å². The average molecular weight is 300 g/mol. The summed E-state index contributed by atoms with van der Waals surface area (Å²) in [5, 5.41) is 0. The maximum absolute atomic E-state index is 13.7. The first-order valence-electron chi connectivity index (χ1n) is 6.31. The van der Waals surface area contributed by atoms with Gasteiger partial charge in [0.05, 0.1) is 12.0 Å². The van der Waals surface area contributed by atoms with Crippen LogP contribution in [0.15, 0.2) is 30.3 Å². The van der Waals surface area contributed by atoms with Crippen LogP contribution in [0.4, 0.5) is 8.78 Å². The number of hydrogen-bond donors (Lipinski definition) is 0. The lowest BCUT2D eigenvalue weighted by molar-refractivity contribution is -0.177. The molecular formula is C14H14F2O5. The van der Waals surface area contributed by atoms with E-state index in [0.29, 0.717) is 0 Å². The predicted molar refractivity (Wildman–Crippen MR) is 66.7 cm³/mol. The summed E-state index contributed by atoms with van der Waals surface area (Å²) in [5.41, 5.74) is 0.260. The second-order valence-corrected chi connectivity index (χ2v) is 4.59. The first-order chi connectivity index (χ1) is 9.88. The van der Waals surface area contributed by atoms with Gasteiger partial charge in [0.2, 0.25) is 6.29 Å². The van der Waals surface area contributed by atoms with Crippen LogP contribution in [0.5, 0.6) is 0 Å². The summed E-state index contributed by atoms with van der Waals surface area (Å²) in [6.07, 6.45) is -3.70. The van der Waals surface area contributed by atoms with Crippen LogP contribution in [-0.4, -0.2) is 36.9 Å². The maximum Gasteiger partial charge on any atom is 0.338 e. The highest BCUT2D eigenvalue weighted by Gasteiger charge is 2.52. The van der Waals surface area contributed by atoms with Gasteiger partial charge in [0, 0.05) is 6.92 Å². The van der Waals surface area contributed by atoms with E-state index in [1.807, 2.05) is 0 Å². The fourth-order valence-corrected chi connectivity index (χ4v) is 1.91. The van der Waals surface area contributed by atoms with Gasteiger partial charge in [-0.25, -0.2) is 13.6 Å². The average Bonchev–Trinajstić information content (AvgIpc) is 2.70. The van der Waals surface area contributed by atoms with Crippen molar-refractivity contribution in [2.45, 2.75) is 31.7 Å². The molecule has 0 amide bonds. The molecule has 1 aliphatic heterocycles. The molecule has 2 atom stereocenters. The fourth-order valence-electron chi connectivity index (χ4n) is 1.91. The Kier molecular flexibility index (Phi) is 4.52. The maximum atomic E-state index is 13.7. The van der Waals surface area contributed by atoms with Crippen molar-refractivity contribution in [3.05, 3.63) is 35.9 Å². The highest BCUT2D eigenvalue weighted by atomic mass is 19.3. The molecule has 21 heavy (non-hydrogen) atoms. The minimum atomic E-state index is -3.23. The Morgan fingerprint density at radius 3 is 2.62 bits per heavy atom. The van der Waals surface area contributed by atoms with E-state index < -0.39 is 43.3 Å². The van der Waals surface area contributed by atoms with Crippen LogP contribution >= 0.6 is 0 Å². The van der Waals surface area contributed by atoms with Crippen molar-refractivity contribution in [1.82, 2.24) is 0 Å². The fraction of sp³-hybridized carbons (Fsp3) is 0.429. The van der Waals surface area contributed by atoms with E-state index in [0.717, 1.165) is 6.92 Å². The molecule has 1 aliphatic rings. The van der Waals surface area contributed by atoms with Gasteiger partial charge in [0.1, 0.15) is 6.61 Å². The quantitative estimate of drug-likeness (QED) is 0.797. The monoisotopic (exact) mass is 300 g/mol. The number of carbonyl (C=O) groups is 2. The highest BCUT2D eigenvalue weighted by Crippen LogP contribution is 2.36. The van der Waals surface area contributed by atoms with E-state index in [2.05, 4.69) is 4.74 Å². The third kappa shape index (κ3) is 3.98. The number of esters is 2. The van der Waals surface area contributed by atoms with E-state index in [1.54, 1.807) is 18.2 Å². The van der Waals surface area contributed by atoms with Crippen molar-refractivity contribution >= 4 is 11.9 Å². The number of ether oxygens (including phenoxy) is 3. The smallest absolute Gasteiger partial charge is 0.338 e. The van der Waals surface area contributed by atoms with E-state index in [9.17, 15) is 18.4 Å². The first-order valence-corrected chi connectivity index (χ1v) is 6.31. The number of benzene rings is 1. The van der Waals surface area contributed by atoms with Gasteiger partial charge in [0.15, 0.2) is 6.10 Å². The SMILES string of the molecule is CC(=O)OC1CC(F)(F)C(COC(=O)c2ccccc2)O1. The molecule has 0 saturated carbocycles. The van der Waals surface area contributed by atoms with Gasteiger partial charge in [-0.15, -0.1) is 0 Å². The van der Waals surface area contributed by atoms with E-state index in [-0.39, 0.29) is 5.56 Å². The van der Waals surface area contributed by atoms with Crippen LogP contribution in [-0.2, 0) is 19.0 Å². The Morgan fingerprint density at radius 1 is 1.33 bits per heavy atom. The summed E-state index contributed by atoms with van der Waals surface area (Å²) in [5.74, 6) is -4.65. The van der Waals surface area contributed by atoms with Gasteiger partial charge >= 0.3 is 11.9 Å². The largest absolute Gasteiger partial charge is 0.459 e. The van der Waals surface area contributed by atoms with Gasteiger partial charge in [-0.2, -0.15) is 0 Å². The topological polar surface area (TPSA) is 61.8 Å². The third-order valence-corrected chi connectivity index (χ3v) is 2.90. The summed E-state index contributed by atoms with van der Waals surface area (Å²) < 4.78 is 41.6. The van der Waals surface area contributed by atoms with Crippen molar-refractivity contribution < 1.29 is 32.6 Å². The highest BCUT2D eigenvalue weighted by molar-refractivity contribution is 5.89. The zero-order valence-corrected chi connectivity index (χ0v) is 11.3. The molecule has 1 saturated heterocycles. The number of rotatable bonds is 4. The molecule has 0 aromatic heterocycles. The summed E-state index contributed by atoms with van der Waals surface area (Å²) in [6, 6.07) is 8.01. The van der Waals surface area contributed by atoms with Crippen LogP contribution in [0.1, 0.15) is 23.7 Å². The molecule has 2 rings (SSSR count). The summed E-state index contributed by atoms with van der Waals surface area (Å²) in [7, 11) is 0. The molecule has 0 N–H and O–H groups in total. The van der Waals surface area contributed by atoms with Gasteiger partial charge in [-0.05, 0) is 12.1 Å². The second kappa shape index (κ2) is 6.17. The summed E-state index contributed by atoms with van der Waals surface area (Å²) in [4.78, 5) is 22.4. The molecule has 0 aliphatic carbocycles. The predicted octanol–water partition coefficient (Wildman–Crippen LogP) is 2.16. The molecule has 0 bridgehead atoms. The van der Waals surface area contributed by atoms with Crippen molar-refractivity contribution in [1.29, 1.82) is 0 Å². The number of carbonyl (C=O) groups excluding carboxylic acids is 2. The van der Waals surface area contributed by atoms with Crippen molar-refractivity contribution in [3.8, 4) is 0 Å². The molecule has 5 nitrogen and oxygen atoms in total. The lowest BCUT2D eigenvalue weighted by atomic mass is 10.2. The molecule has 0 spiro atoms. The Labute approximate surface area is 119 Å². The Morgan fingerprint density at radius 2 is 2.00 bits per heavy atom. The van der Waals surface area contributed by atoms with E-state index in [4.69, 9.17) is 9.47 Å². The summed E-state index contributed by atoms with van der Waals surface area (Å²) in [6.45, 7) is 0.489. The molecule has 1 fully saturated rings. The molecule has 1 aromatic rings. The minimum absolute atomic E-state index is 0.260. The zero-order valence-electron chi connectivity index (χ0n) is 11.3. The second-order valence-electron chi connectivity index (χ2n) is 4.59. The normalized spacial score (nSPS) is 23.6. The van der Waals surface area contributed by atoms with Crippen LogP contribution in [0, 0.1) is 0 Å². The summed E-state index contributed by atoms with van der Waals surface area (Å²) >= 11 is 0. The Balaban J connectivity index is 1.90. The van der Waals surface area contributed by atoms with E-state index in [1.165, 1.54) is 12.1 Å². The third-order valence-electron chi connectivity index (χ3n) is 2.90. The van der Waals surface area contributed by atoms with Crippen molar-refractivity contribution in [3.63, 3.8) is 0 Å². The van der Waals surface area contributed by atoms with Crippen molar-refractivity contribution in [2.75, 3.05) is 6.61 Å². The van der Waals surface area contributed by atoms with Crippen molar-refractivity contribution in [2.24, 2.45) is 0 Å². The van der Waals surface area contributed by atoms with Crippen LogP contribution < -0.4 is 0 Å². The Hall–Kier alpha value is -2.02. The minimum Gasteiger partial charge on any atom is -0.459 e. The molecule has 2 unspecified atom stereocenters. The van der Waals surface area contributed by atoms with Gasteiger partial charge in [-0.3, -0.25) is 4.79 Å². The van der Waals surface area contributed by atoms with Crippen LogP contribution in [0.3, 0.4) is 0 Å². The molecule has 114 valence electrons. The lowest BCUT2D eigenvalue weighted by Gasteiger charge is -2.17. The zero-order chi connectivity index (χ0) is 15.5.